The van der Waals surface area contributed by atoms with Gasteiger partial charge in [-0.15, -0.1) is 0 Å². The number of rotatable bonds is 5. The minimum absolute atomic E-state index is 0.123. The number of hydrogen-bond donors (Lipinski definition) is 0. The second-order valence-electron chi connectivity index (χ2n) is 12.7. The molecular weight excluding hydrogens is 707 g/mol. The van der Waals surface area contributed by atoms with E-state index in [4.69, 9.17) is 0 Å². The Morgan fingerprint density at radius 2 is 1.06 bits per heavy atom. The van der Waals surface area contributed by atoms with Crippen molar-refractivity contribution in [2.24, 2.45) is 0 Å². The molecule has 0 saturated carbocycles. The molecule has 0 radical (unpaired) electrons. The number of halogens is 1. The van der Waals surface area contributed by atoms with E-state index in [1.807, 2.05) is 12.3 Å². The van der Waals surface area contributed by atoms with Gasteiger partial charge in [-0.1, -0.05) is 36.4 Å². The predicted octanol–water partition coefficient (Wildman–Crippen LogP) is 8.97. The summed E-state index contributed by atoms with van der Waals surface area (Å²) in [6, 6.07) is 58.1. The van der Waals surface area contributed by atoms with E-state index in [9.17, 15) is 0 Å². The summed E-state index contributed by atoms with van der Waals surface area (Å²) in [5.74, 6) is 0. The number of fused-ring (bicyclic) bond motifs is 3. The topological polar surface area (TPSA) is 17.8 Å². The number of benzene rings is 8. The van der Waals surface area contributed by atoms with Gasteiger partial charge in [-0.3, -0.25) is 0 Å². The maximum absolute atomic E-state index is 4.66. The minimum atomic E-state index is -0.123. The Labute approximate surface area is 294 Å². The zero-order chi connectivity index (χ0) is 32.5. The number of pyridine rings is 1. The second-order valence-corrected chi connectivity index (χ2v) is 14.9. The van der Waals surface area contributed by atoms with Crippen LogP contribution < -0.4 is 21.2 Å². The van der Waals surface area contributed by atoms with Crippen LogP contribution in [0.3, 0.4) is 0 Å². The molecular formula is C46H30IN2-. The van der Waals surface area contributed by atoms with Gasteiger partial charge in [0.15, 0.2) is 0 Å². The SMILES string of the molecule is C[I-]c1ccc(-c2ccccn2)cc1-c1ccc2ccc3c(-c4ccc(-n5c6ccccc6c6ccccc65)cc4)ccc4ccc1c2c43. The molecule has 0 fully saturated rings. The van der Waals surface area contributed by atoms with Crippen LogP contribution in [0.4, 0.5) is 0 Å². The van der Waals surface area contributed by atoms with E-state index >= 15 is 0 Å². The zero-order valence-corrected chi connectivity index (χ0v) is 29.0. The molecule has 0 saturated heterocycles. The molecule has 232 valence electrons. The predicted molar refractivity (Wildman–Crippen MR) is 203 cm³/mol. The van der Waals surface area contributed by atoms with Gasteiger partial charge in [-0.25, -0.2) is 0 Å². The summed E-state index contributed by atoms with van der Waals surface area (Å²) >= 11 is -0.123. The Bertz CT molecular complexity index is 2800. The molecule has 0 aliphatic rings. The quantitative estimate of drug-likeness (QED) is 0.0981. The van der Waals surface area contributed by atoms with Crippen molar-refractivity contribution in [2.45, 2.75) is 0 Å². The van der Waals surface area contributed by atoms with Crippen molar-refractivity contribution in [1.29, 1.82) is 0 Å². The van der Waals surface area contributed by atoms with E-state index < -0.39 is 0 Å². The van der Waals surface area contributed by atoms with Gasteiger partial charge in [0.2, 0.25) is 0 Å². The summed E-state index contributed by atoms with van der Waals surface area (Å²) in [5.41, 5.74) is 10.9. The maximum atomic E-state index is 4.66. The van der Waals surface area contributed by atoms with Gasteiger partial charge in [-0.05, 0) is 12.1 Å². The fourth-order valence-electron chi connectivity index (χ4n) is 7.87. The standard InChI is InChI=1S/C46H30IN2/c1-47-41-26-19-32(42-10-6-7-27-48-42)28-40(41)35-23-16-31-17-24-38-34(22-15-30-18-25-39(35)46(31)45(30)38)29-13-20-33(21-14-29)49-43-11-4-2-8-36(43)37-9-3-5-12-44(37)49/h2-28H,1H3/q-1. The van der Waals surface area contributed by atoms with E-state index in [0.29, 0.717) is 0 Å². The summed E-state index contributed by atoms with van der Waals surface area (Å²) in [4.78, 5) is 7.01. The number of hydrogen-bond acceptors (Lipinski definition) is 1. The first kappa shape index (κ1) is 28.5. The van der Waals surface area contributed by atoms with Gasteiger partial charge >= 0.3 is 222 Å². The molecule has 0 aliphatic carbocycles. The molecule has 3 heteroatoms. The van der Waals surface area contributed by atoms with Crippen molar-refractivity contribution in [3.8, 4) is 39.2 Å². The van der Waals surface area contributed by atoms with Crippen LogP contribution in [0.5, 0.6) is 0 Å². The molecule has 0 amide bonds. The average Bonchev–Trinajstić information content (AvgIpc) is 3.51. The van der Waals surface area contributed by atoms with Crippen molar-refractivity contribution >= 4 is 54.1 Å². The van der Waals surface area contributed by atoms with Gasteiger partial charge in [-0.2, -0.15) is 0 Å². The van der Waals surface area contributed by atoms with Gasteiger partial charge in [0, 0.05) is 10.8 Å². The molecule has 0 N–H and O–H groups in total. The first-order valence-electron chi connectivity index (χ1n) is 16.6. The summed E-state index contributed by atoms with van der Waals surface area (Å²) < 4.78 is 3.84. The van der Waals surface area contributed by atoms with Crippen molar-refractivity contribution < 1.29 is 21.2 Å². The Hall–Kier alpha value is -5.52. The average molecular weight is 738 g/mol. The summed E-state index contributed by atoms with van der Waals surface area (Å²) in [6.45, 7) is 0. The number of nitrogens with zero attached hydrogens (tertiary/aromatic N) is 2. The second kappa shape index (κ2) is 11.3. The fraction of sp³-hybridized carbons (Fsp3) is 0.0217. The summed E-state index contributed by atoms with van der Waals surface area (Å²) in [6.07, 6.45) is 1.88. The van der Waals surface area contributed by atoms with Crippen LogP contribution in [-0.4, -0.2) is 14.5 Å². The summed E-state index contributed by atoms with van der Waals surface area (Å²) in [5, 5.41) is 10.4. The molecule has 2 heterocycles. The van der Waals surface area contributed by atoms with Gasteiger partial charge < -0.3 is 4.57 Å². The number of para-hydroxylation sites is 2. The van der Waals surface area contributed by atoms with Crippen LogP contribution in [-0.2, 0) is 0 Å². The monoisotopic (exact) mass is 737 g/mol. The number of aromatic nitrogens is 2. The van der Waals surface area contributed by atoms with E-state index in [1.54, 1.807) is 0 Å². The van der Waals surface area contributed by atoms with E-state index in [1.165, 1.54) is 85.6 Å². The van der Waals surface area contributed by atoms with Crippen molar-refractivity contribution in [3.63, 3.8) is 0 Å². The first-order valence-corrected chi connectivity index (χ1v) is 19.9. The van der Waals surface area contributed by atoms with Gasteiger partial charge in [0.25, 0.3) is 0 Å². The zero-order valence-electron chi connectivity index (χ0n) is 26.9. The van der Waals surface area contributed by atoms with Gasteiger partial charge in [0.1, 0.15) is 0 Å². The molecule has 10 aromatic rings. The van der Waals surface area contributed by atoms with E-state index in [0.717, 1.165) is 11.3 Å². The molecule has 0 atom stereocenters. The molecule has 0 spiro atoms. The van der Waals surface area contributed by atoms with E-state index in [-0.39, 0.29) is 21.2 Å². The van der Waals surface area contributed by atoms with Crippen molar-refractivity contribution in [1.82, 2.24) is 9.55 Å². The fourth-order valence-corrected chi connectivity index (χ4v) is 9.43. The van der Waals surface area contributed by atoms with Crippen molar-refractivity contribution in [2.75, 3.05) is 4.93 Å². The molecule has 0 aliphatic heterocycles. The third-order valence-corrected chi connectivity index (χ3v) is 12.2. The Morgan fingerprint density at radius 1 is 0.469 bits per heavy atom. The molecule has 2 nitrogen and oxygen atoms in total. The normalized spacial score (nSPS) is 11.9. The van der Waals surface area contributed by atoms with Crippen LogP contribution >= 0.6 is 0 Å². The Balaban J connectivity index is 1.14. The van der Waals surface area contributed by atoms with Gasteiger partial charge in [0.05, 0.1) is 11.0 Å². The Morgan fingerprint density at radius 3 is 1.71 bits per heavy atom. The molecule has 8 aromatic carbocycles. The molecule has 49 heavy (non-hydrogen) atoms. The Kier molecular flexibility index (Phi) is 6.56. The third-order valence-electron chi connectivity index (χ3n) is 10.1. The number of alkyl halides is 1. The van der Waals surface area contributed by atoms with E-state index in [2.05, 4.69) is 166 Å². The molecule has 0 bridgehead atoms. The first-order chi connectivity index (χ1) is 24.3. The van der Waals surface area contributed by atoms with Crippen LogP contribution in [0, 0.1) is 3.57 Å². The molecule has 10 rings (SSSR count). The molecule has 0 unspecified atom stereocenters. The third kappa shape index (κ3) is 4.42. The molecule has 2 aromatic heterocycles. The van der Waals surface area contributed by atoms with Crippen LogP contribution in [0.15, 0.2) is 164 Å². The van der Waals surface area contributed by atoms with Crippen LogP contribution in [0.2, 0.25) is 0 Å². The van der Waals surface area contributed by atoms with Crippen molar-refractivity contribution in [3.05, 3.63) is 167 Å². The van der Waals surface area contributed by atoms with Crippen LogP contribution in [0.1, 0.15) is 0 Å². The summed E-state index contributed by atoms with van der Waals surface area (Å²) in [7, 11) is 0. The van der Waals surface area contributed by atoms with Crippen LogP contribution in [0.25, 0.3) is 93.3 Å².